The highest BCUT2D eigenvalue weighted by atomic mass is 16.5. The van der Waals surface area contributed by atoms with Gasteiger partial charge in [-0.2, -0.15) is 0 Å². The number of aryl methyl sites for hydroxylation is 2. The van der Waals surface area contributed by atoms with E-state index in [4.69, 9.17) is 28.3 Å². The first-order chi connectivity index (χ1) is 31.2. The van der Waals surface area contributed by atoms with Crippen molar-refractivity contribution in [2.75, 3.05) is 14.2 Å². The van der Waals surface area contributed by atoms with Gasteiger partial charge in [0.2, 0.25) is 0 Å². The van der Waals surface area contributed by atoms with Gasteiger partial charge in [-0.3, -0.25) is 0 Å². The number of nitrogens with zero attached hydrogens (tertiary/aromatic N) is 2. The lowest BCUT2D eigenvalue weighted by atomic mass is 9.72. The summed E-state index contributed by atoms with van der Waals surface area (Å²) in [7, 11) is 3.44. The van der Waals surface area contributed by atoms with E-state index in [9.17, 15) is 0 Å². The average Bonchev–Trinajstić information content (AvgIpc) is 3.80. The van der Waals surface area contributed by atoms with Crippen LogP contribution in [0.15, 0.2) is 81.6 Å². The zero-order chi connectivity index (χ0) is 45.8. The van der Waals surface area contributed by atoms with Crippen molar-refractivity contribution in [3.05, 3.63) is 128 Å². The van der Waals surface area contributed by atoms with Crippen molar-refractivity contribution < 1.29 is 18.3 Å². The predicted molar refractivity (Wildman–Crippen MR) is 266 cm³/mol. The normalized spacial score (nSPS) is 22.6. The minimum Gasteiger partial charge on any atom is -0.493 e. The highest BCUT2D eigenvalue weighted by Gasteiger charge is 2.58. The molecule has 66 heavy (non-hydrogen) atoms. The van der Waals surface area contributed by atoms with E-state index in [1.165, 1.54) is 55.6 Å². The van der Waals surface area contributed by atoms with Crippen molar-refractivity contribution in [3.8, 4) is 11.5 Å². The predicted octanol–water partition coefficient (Wildman–Crippen LogP) is 14.3. The van der Waals surface area contributed by atoms with E-state index in [2.05, 4.69) is 152 Å². The molecular formula is C58H58N4O4. The van der Waals surface area contributed by atoms with Crippen LogP contribution >= 0.6 is 0 Å². The van der Waals surface area contributed by atoms with Crippen LogP contribution < -0.4 is 9.47 Å². The summed E-state index contributed by atoms with van der Waals surface area (Å²) in [6, 6.07) is 27.1. The first-order valence-corrected chi connectivity index (χ1v) is 23.7. The molecule has 334 valence electrons. The van der Waals surface area contributed by atoms with Crippen molar-refractivity contribution in [1.29, 1.82) is 0 Å². The standard InChI is InChI=1S/C58H58N4O4/c1-29-13-39-40(14-30(29)2)60-43-17-35-31(15-41(43)59-39)53(3,4)25-57(35)26-54(5,6)32-16-42-44(18-36(32)57)62-46-24-52-51(23-45(46)61-42)65-49-20-34-38(22-50(49)66-52)58(28-56(34,9)10)27-55(7,8)33-19-47(63-11)48(64-12)21-37(33)58/h13-24,61-62H,25-28H2,1-12H3. The number of fused-ring (bicyclic) bond motifs is 14. The summed E-state index contributed by atoms with van der Waals surface area (Å²) in [5, 5.41) is 0. The zero-order valence-electron chi connectivity index (χ0n) is 40.3. The number of aromatic amines is 2. The second kappa shape index (κ2) is 12.4. The Morgan fingerprint density at radius 2 is 0.697 bits per heavy atom. The van der Waals surface area contributed by atoms with Crippen LogP contribution in [0, 0.1) is 13.8 Å². The van der Waals surface area contributed by atoms with Crippen LogP contribution in [-0.4, -0.2) is 34.2 Å². The summed E-state index contributed by atoms with van der Waals surface area (Å²) < 4.78 is 25.4. The minimum atomic E-state index is -0.213. The summed E-state index contributed by atoms with van der Waals surface area (Å²) in [5.74, 6) is 1.54. The molecule has 2 atom stereocenters. The molecule has 0 aliphatic heterocycles. The number of benzene rings is 6. The molecule has 2 spiro atoms. The smallest absolute Gasteiger partial charge is 0.172 e. The lowest BCUT2D eigenvalue weighted by Crippen LogP contribution is -2.27. The Morgan fingerprint density at radius 3 is 1.18 bits per heavy atom. The lowest BCUT2D eigenvalue weighted by Gasteiger charge is -2.30. The highest BCUT2D eigenvalue weighted by Crippen LogP contribution is 2.65. The number of aromatic nitrogens is 4. The lowest BCUT2D eigenvalue weighted by molar-refractivity contribution is 0.348. The second-order valence-corrected chi connectivity index (χ2v) is 23.3. The van der Waals surface area contributed by atoms with Gasteiger partial charge < -0.3 is 28.3 Å². The monoisotopic (exact) mass is 874 g/mol. The number of ether oxygens (including phenoxy) is 2. The number of nitrogens with one attached hydrogen (secondary N) is 2. The molecule has 3 heterocycles. The van der Waals surface area contributed by atoms with Gasteiger partial charge in [-0.25, -0.2) is 9.97 Å². The Balaban J connectivity index is 0.963. The topological polar surface area (TPSA) is 102 Å². The molecule has 0 amide bonds. The molecule has 0 radical (unpaired) electrons. The fourth-order valence-electron chi connectivity index (χ4n) is 14.2. The summed E-state index contributed by atoms with van der Waals surface area (Å²) in [5.41, 5.74) is 23.5. The maximum atomic E-state index is 6.91. The maximum Gasteiger partial charge on any atom is 0.172 e. The molecule has 0 saturated carbocycles. The van der Waals surface area contributed by atoms with Crippen LogP contribution in [0.25, 0.3) is 66.5 Å². The molecule has 0 saturated heterocycles. The molecule has 4 aliphatic carbocycles. The molecule has 6 aromatic carbocycles. The number of hydrogen-bond acceptors (Lipinski definition) is 6. The molecule has 9 aromatic rings. The summed E-state index contributed by atoms with van der Waals surface area (Å²) in [6.07, 6.45) is 4.00. The van der Waals surface area contributed by atoms with Crippen LogP contribution in [0.2, 0.25) is 0 Å². The first kappa shape index (κ1) is 40.0. The second-order valence-electron chi connectivity index (χ2n) is 23.3. The minimum absolute atomic E-state index is 0.0464. The molecule has 8 heteroatoms. The van der Waals surface area contributed by atoms with E-state index >= 15 is 0 Å². The molecule has 8 nitrogen and oxygen atoms in total. The summed E-state index contributed by atoms with van der Waals surface area (Å²) in [4.78, 5) is 18.1. The number of H-pyrrole nitrogens is 2. The third-order valence-electron chi connectivity index (χ3n) is 17.0. The van der Waals surface area contributed by atoms with Gasteiger partial charge in [0, 0.05) is 23.0 Å². The van der Waals surface area contributed by atoms with Crippen molar-refractivity contribution >= 4 is 66.5 Å². The van der Waals surface area contributed by atoms with Crippen LogP contribution in [0.1, 0.15) is 137 Å². The Labute approximate surface area is 384 Å². The van der Waals surface area contributed by atoms with Gasteiger partial charge in [0.15, 0.2) is 33.8 Å². The zero-order valence-corrected chi connectivity index (χ0v) is 40.3. The first-order valence-electron chi connectivity index (χ1n) is 23.7. The SMILES string of the molecule is COc1cc2c(cc1OC)C1(CC2(C)C)CC(C)(C)c2cc3oc4cc5[nH]c6cc7c(cc6[nH]c5cc4oc3cc21)C1(CC(C)(C)c2cc3nc4cc(C)c(C)cc4nc3cc21)CC7(C)C. The third-order valence-corrected chi connectivity index (χ3v) is 17.0. The van der Waals surface area contributed by atoms with E-state index < -0.39 is 0 Å². The van der Waals surface area contributed by atoms with E-state index in [0.29, 0.717) is 11.2 Å². The fraction of sp³-hybridized carbons (Fsp3) is 0.379. The van der Waals surface area contributed by atoms with E-state index in [-0.39, 0.29) is 32.5 Å². The van der Waals surface area contributed by atoms with Gasteiger partial charge in [0.05, 0.1) is 58.4 Å². The molecule has 2 unspecified atom stereocenters. The Morgan fingerprint density at radius 1 is 0.394 bits per heavy atom. The molecule has 0 bridgehead atoms. The Bertz CT molecular complexity index is 3740. The summed E-state index contributed by atoms with van der Waals surface area (Å²) in [6.45, 7) is 23.4. The molecule has 2 N–H and O–H groups in total. The van der Waals surface area contributed by atoms with Gasteiger partial charge in [0.25, 0.3) is 0 Å². The molecule has 3 aromatic heterocycles. The van der Waals surface area contributed by atoms with E-state index in [1.54, 1.807) is 14.2 Å². The van der Waals surface area contributed by atoms with Gasteiger partial charge in [-0.05, 0) is 177 Å². The van der Waals surface area contributed by atoms with Crippen molar-refractivity contribution in [3.63, 3.8) is 0 Å². The van der Waals surface area contributed by atoms with E-state index in [1.807, 2.05) is 0 Å². The van der Waals surface area contributed by atoms with Gasteiger partial charge >= 0.3 is 0 Å². The number of hydrogen-bond donors (Lipinski definition) is 2. The Kier molecular flexibility index (Phi) is 7.51. The van der Waals surface area contributed by atoms with Crippen molar-refractivity contribution in [2.24, 2.45) is 0 Å². The quantitative estimate of drug-likeness (QED) is 0.168. The van der Waals surface area contributed by atoms with Gasteiger partial charge in [0.1, 0.15) is 0 Å². The van der Waals surface area contributed by atoms with Crippen LogP contribution in [0.4, 0.5) is 0 Å². The summed E-state index contributed by atoms with van der Waals surface area (Å²) >= 11 is 0. The van der Waals surface area contributed by atoms with Crippen molar-refractivity contribution in [1.82, 2.24) is 19.9 Å². The van der Waals surface area contributed by atoms with Crippen molar-refractivity contribution in [2.45, 2.75) is 127 Å². The van der Waals surface area contributed by atoms with Crippen LogP contribution in [0.5, 0.6) is 11.5 Å². The largest absolute Gasteiger partial charge is 0.493 e. The van der Waals surface area contributed by atoms with Crippen LogP contribution in [-0.2, 0) is 32.5 Å². The van der Waals surface area contributed by atoms with Gasteiger partial charge in [-0.1, -0.05) is 55.4 Å². The molecular weight excluding hydrogens is 817 g/mol. The molecule has 0 fully saturated rings. The van der Waals surface area contributed by atoms with Gasteiger partial charge in [-0.15, -0.1) is 0 Å². The fourth-order valence-corrected chi connectivity index (χ4v) is 14.2. The average molecular weight is 875 g/mol. The molecule has 4 aliphatic rings. The third kappa shape index (κ3) is 5.16. The number of rotatable bonds is 2. The Hall–Kier alpha value is -6.28. The highest BCUT2D eigenvalue weighted by molar-refractivity contribution is 5.96. The van der Waals surface area contributed by atoms with E-state index in [0.717, 1.165) is 92.5 Å². The number of methoxy groups -OCH3 is 2. The molecule has 13 rings (SSSR count). The van der Waals surface area contributed by atoms with Crippen LogP contribution in [0.3, 0.4) is 0 Å². The maximum absolute atomic E-state index is 6.91.